The Kier molecular flexibility index (Phi) is 4.78. The van der Waals surface area contributed by atoms with E-state index >= 15 is 0 Å². The number of methoxy groups -OCH3 is 1. The first kappa shape index (κ1) is 13.8. The molecular weight excluding hydrogens is 242 g/mol. The van der Waals surface area contributed by atoms with Gasteiger partial charge < -0.3 is 15.2 Å². The molecule has 17 heavy (non-hydrogen) atoms. The minimum atomic E-state index is -1.03. The molecule has 1 amide bonds. The van der Waals surface area contributed by atoms with Crippen molar-refractivity contribution < 1.29 is 14.6 Å². The lowest BCUT2D eigenvalue weighted by Crippen LogP contribution is -2.32. The molecule has 0 saturated heterocycles. The van der Waals surface area contributed by atoms with E-state index < -0.39 is 12.0 Å². The Morgan fingerprint density at radius 1 is 1.59 bits per heavy atom. The lowest BCUT2D eigenvalue weighted by molar-refractivity contribution is -0.128. The van der Waals surface area contributed by atoms with E-state index in [0.29, 0.717) is 10.8 Å². The molecule has 0 aliphatic carbocycles. The number of aliphatic hydroxyl groups excluding tert-OH is 1. The number of carbonyl (C=O) groups excluding carboxylic acids is 1. The fraction of sp³-hybridized carbons (Fsp3) is 0.417. The van der Waals surface area contributed by atoms with E-state index in [1.807, 2.05) is 6.92 Å². The van der Waals surface area contributed by atoms with Crippen LogP contribution in [0.3, 0.4) is 0 Å². The molecule has 0 aliphatic heterocycles. The highest BCUT2D eigenvalue weighted by Crippen LogP contribution is 2.27. The van der Waals surface area contributed by atoms with Crippen molar-refractivity contribution in [1.82, 2.24) is 5.32 Å². The maximum Gasteiger partial charge on any atom is 0.248 e. The summed E-state index contributed by atoms with van der Waals surface area (Å²) in [5.41, 5.74) is 1.69. The largest absolute Gasteiger partial charge is 0.496 e. The van der Waals surface area contributed by atoms with Crippen LogP contribution in [-0.4, -0.2) is 24.2 Å². The van der Waals surface area contributed by atoms with Crippen molar-refractivity contribution >= 4 is 17.5 Å². The van der Waals surface area contributed by atoms with Crippen molar-refractivity contribution in [1.29, 1.82) is 0 Å². The highest BCUT2D eigenvalue weighted by atomic mass is 35.5. The molecule has 0 aliphatic rings. The minimum Gasteiger partial charge on any atom is -0.496 e. The second kappa shape index (κ2) is 5.89. The second-order valence-electron chi connectivity index (χ2n) is 3.81. The van der Waals surface area contributed by atoms with E-state index in [1.54, 1.807) is 19.2 Å². The van der Waals surface area contributed by atoms with Crippen LogP contribution in [-0.2, 0) is 11.3 Å². The van der Waals surface area contributed by atoms with E-state index in [0.717, 1.165) is 11.1 Å². The van der Waals surface area contributed by atoms with Gasteiger partial charge in [-0.25, -0.2) is 0 Å². The van der Waals surface area contributed by atoms with Crippen molar-refractivity contribution in [3.63, 3.8) is 0 Å². The van der Waals surface area contributed by atoms with Crippen molar-refractivity contribution in [3.8, 4) is 5.75 Å². The fourth-order valence-electron chi connectivity index (χ4n) is 1.55. The highest BCUT2D eigenvalue weighted by Gasteiger charge is 2.12. The number of benzene rings is 1. The van der Waals surface area contributed by atoms with Crippen LogP contribution >= 0.6 is 11.6 Å². The Hall–Kier alpha value is -1.26. The zero-order valence-electron chi connectivity index (χ0n) is 10.1. The van der Waals surface area contributed by atoms with Gasteiger partial charge in [-0.05, 0) is 31.5 Å². The first-order valence-corrected chi connectivity index (χ1v) is 5.62. The Labute approximate surface area is 106 Å². The zero-order chi connectivity index (χ0) is 13.0. The summed E-state index contributed by atoms with van der Waals surface area (Å²) >= 11 is 5.94. The number of aliphatic hydroxyl groups is 1. The van der Waals surface area contributed by atoms with Crippen LogP contribution in [0.25, 0.3) is 0 Å². The van der Waals surface area contributed by atoms with Gasteiger partial charge in [-0.15, -0.1) is 0 Å². The third-order valence-corrected chi connectivity index (χ3v) is 2.57. The molecule has 0 heterocycles. The molecule has 94 valence electrons. The average molecular weight is 258 g/mol. The topological polar surface area (TPSA) is 58.6 Å². The summed E-state index contributed by atoms with van der Waals surface area (Å²) in [5.74, 6) is 0.268. The molecule has 1 aromatic rings. The highest BCUT2D eigenvalue weighted by molar-refractivity contribution is 6.30. The number of ether oxygens (including phenoxy) is 1. The van der Waals surface area contributed by atoms with Gasteiger partial charge in [0.15, 0.2) is 0 Å². The van der Waals surface area contributed by atoms with Gasteiger partial charge in [0.1, 0.15) is 11.9 Å². The lowest BCUT2D eigenvalue weighted by atomic mass is 10.1. The fourth-order valence-corrected chi connectivity index (χ4v) is 1.85. The van der Waals surface area contributed by atoms with Gasteiger partial charge in [0.05, 0.1) is 7.11 Å². The van der Waals surface area contributed by atoms with Crippen LogP contribution in [0, 0.1) is 6.92 Å². The number of aryl methyl sites for hydroxylation is 1. The van der Waals surface area contributed by atoms with E-state index in [-0.39, 0.29) is 6.54 Å². The van der Waals surface area contributed by atoms with Gasteiger partial charge in [0, 0.05) is 17.1 Å². The van der Waals surface area contributed by atoms with E-state index in [9.17, 15) is 4.79 Å². The van der Waals surface area contributed by atoms with Crippen molar-refractivity contribution in [2.75, 3.05) is 7.11 Å². The van der Waals surface area contributed by atoms with E-state index in [4.69, 9.17) is 21.4 Å². The van der Waals surface area contributed by atoms with Crippen molar-refractivity contribution in [3.05, 3.63) is 28.3 Å². The smallest absolute Gasteiger partial charge is 0.248 e. The first-order chi connectivity index (χ1) is 7.95. The summed E-state index contributed by atoms with van der Waals surface area (Å²) in [6.07, 6.45) is -1.03. The Bertz CT molecular complexity index is 418. The molecule has 4 nitrogen and oxygen atoms in total. The van der Waals surface area contributed by atoms with Crippen LogP contribution in [0.15, 0.2) is 12.1 Å². The number of hydrogen-bond acceptors (Lipinski definition) is 3. The molecule has 0 bridgehead atoms. The van der Waals surface area contributed by atoms with E-state index in [1.165, 1.54) is 6.92 Å². The molecule has 1 atom stereocenters. The molecule has 0 spiro atoms. The van der Waals surface area contributed by atoms with Gasteiger partial charge in [-0.3, -0.25) is 4.79 Å². The molecule has 1 unspecified atom stereocenters. The maximum absolute atomic E-state index is 11.3. The molecule has 2 N–H and O–H groups in total. The van der Waals surface area contributed by atoms with Crippen LogP contribution in [0.1, 0.15) is 18.1 Å². The van der Waals surface area contributed by atoms with Gasteiger partial charge >= 0.3 is 0 Å². The number of rotatable bonds is 4. The minimum absolute atomic E-state index is 0.272. The number of amides is 1. The van der Waals surface area contributed by atoms with Crippen LogP contribution in [0.2, 0.25) is 5.02 Å². The quantitative estimate of drug-likeness (QED) is 0.862. The van der Waals surface area contributed by atoms with Crippen molar-refractivity contribution in [2.45, 2.75) is 26.5 Å². The standard InChI is InChI=1S/C12H16ClNO3/c1-7-4-10(13)5-9(11(7)17-3)6-14-12(16)8(2)15/h4-5,8,15H,6H2,1-3H3,(H,14,16). The third kappa shape index (κ3) is 3.61. The summed E-state index contributed by atoms with van der Waals surface area (Å²) in [7, 11) is 1.57. The second-order valence-corrected chi connectivity index (χ2v) is 4.25. The average Bonchev–Trinajstić information content (AvgIpc) is 2.24. The molecule has 0 fully saturated rings. The normalized spacial score (nSPS) is 12.1. The summed E-state index contributed by atoms with van der Waals surface area (Å²) in [4.78, 5) is 11.3. The molecule has 5 heteroatoms. The third-order valence-electron chi connectivity index (χ3n) is 2.35. The zero-order valence-corrected chi connectivity index (χ0v) is 10.8. The monoisotopic (exact) mass is 257 g/mol. The molecular formula is C12H16ClNO3. The molecule has 1 rings (SSSR count). The summed E-state index contributed by atoms with van der Waals surface area (Å²) < 4.78 is 5.25. The number of carbonyl (C=O) groups is 1. The van der Waals surface area contributed by atoms with Crippen molar-refractivity contribution in [2.24, 2.45) is 0 Å². The van der Waals surface area contributed by atoms with Gasteiger partial charge in [-0.2, -0.15) is 0 Å². The Morgan fingerprint density at radius 3 is 2.76 bits per heavy atom. The summed E-state index contributed by atoms with van der Waals surface area (Å²) in [5, 5.41) is 12.3. The number of nitrogens with one attached hydrogen (secondary N) is 1. The lowest BCUT2D eigenvalue weighted by Gasteiger charge is -2.13. The van der Waals surface area contributed by atoms with Crippen LogP contribution in [0.4, 0.5) is 0 Å². The van der Waals surface area contributed by atoms with Crippen LogP contribution in [0.5, 0.6) is 5.75 Å². The molecule has 0 radical (unpaired) electrons. The SMILES string of the molecule is COc1c(C)cc(Cl)cc1CNC(=O)C(C)O. The number of hydrogen-bond donors (Lipinski definition) is 2. The maximum atomic E-state index is 11.3. The van der Waals surface area contributed by atoms with E-state index in [2.05, 4.69) is 5.32 Å². The molecule has 1 aromatic carbocycles. The summed E-state index contributed by atoms with van der Waals surface area (Å²) in [6, 6.07) is 3.52. The van der Waals surface area contributed by atoms with Gasteiger partial charge in [-0.1, -0.05) is 11.6 Å². The molecule has 0 saturated carbocycles. The first-order valence-electron chi connectivity index (χ1n) is 5.24. The predicted octanol–water partition coefficient (Wildman–Crippen LogP) is 1.65. The van der Waals surface area contributed by atoms with Gasteiger partial charge in [0.25, 0.3) is 0 Å². The summed E-state index contributed by atoms with van der Waals surface area (Å²) in [6.45, 7) is 3.56. The molecule has 0 aromatic heterocycles. The van der Waals surface area contributed by atoms with Gasteiger partial charge in [0.2, 0.25) is 5.91 Å². The Balaban J connectivity index is 2.86. The Morgan fingerprint density at radius 2 is 2.24 bits per heavy atom. The predicted molar refractivity (Wildman–Crippen MR) is 66.3 cm³/mol. The van der Waals surface area contributed by atoms with Crippen LogP contribution < -0.4 is 10.1 Å². The number of halogens is 1.